The Morgan fingerprint density at radius 1 is 1.24 bits per heavy atom. The van der Waals surface area contributed by atoms with Crippen molar-refractivity contribution in [2.24, 2.45) is 0 Å². The third-order valence-corrected chi connectivity index (χ3v) is 3.55. The Hall–Kier alpha value is -3.48. The third kappa shape index (κ3) is 3.55. The van der Waals surface area contributed by atoms with Crippen LogP contribution < -0.4 is 15.8 Å². The number of hydrogen-bond acceptors (Lipinski definition) is 5. The molecule has 0 aliphatic carbocycles. The maximum absolute atomic E-state index is 12.6. The number of methoxy groups -OCH3 is 1. The minimum Gasteiger partial charge on any atom is -0.495 e. The molecular formula is C18H16N5O2. The minimum absolute atomic E-state index is 0.0649. The van der Waals surface area contributed by atoms with Crippen LogP contribution in [-0.4, -0.2) is 28.0 Å². The van der Waals surface area contributed by atoms with Crippen molar-refractivity contribution in [3.8, 4) is 17.0 Å². The molecule has 1 radical (unpaired) electrons. The number of aromatic nitrogens is 3. The molecule has 0 bridgehead atoms. The monoisotopic (exact) mass is 334 g/mol. The van der Waals surface area contributed by atoms with Crippen molar-refractivity contribution < 1.29 is 9.53 Å². The average Bonchev–Trinajstić information content (AvgIpc) is 2.63. The van der Waals surface area contributed by atoms with Gasteiger partial charge in [0.25, 0.3) is 5.91 Å². The maximum atomic E-state index is 12.6. The number of pyridine rings is 1. The molecule has 0 fully saturated rings. The number of hydrogen-bond donors (Lipinski definition) is 1. The molecule has 0 saturated carbocycles. The van der Waals surface area contributed by atoms with E-state index < -0.39 is 5.91 Å². The molecule has 0 aliphatic heterocycles. The van der Waals surface area contributed by atoms with E-state index in [0.717, 1.165) is 11.1 Å². The Balaban J connectivity index is 1.94. The first-order chi connectivity index (χ1) is 12.1. The first kappa shape index (κ1) is 16.4. The number of amides is 1. The van der Waals surface area contributed by atoms with Gasteiger partial charge in [-0.25, -0.2) is 9.97 Å². The number of nitrogens with one attached hydrogen (secondary N) is 2. The fourth-order valence-electron chi connectivity index (χ4n) is 2.30. The van der Waals surface area contributed by atoms with Gasteiger partial charge in [0.05, 0.1) is 24.7 Å². The minimum atomic E-state index is -0.521. The zero-order valence-corrected chi connectivity index (χ0v) is 13.8. The van der Waals surface area contributed by atoms with E-state index in [1.807, 2.05) is 19.1 Å². The summed E-state index contributed by atoms with van der Waals surface area (Å²) in [5.41, 5.74) is 10.5. The normalized spacial score (nSPS) is 10.3. The van der Waals surface area contributed by atoms with Crippen LogP contribution >= 0.6 is 0 Å². The van der Waals surface area contributed by atoms with Crippen molar-refractivity contribution in [2.45, 2.75) is 6.92 Å². The molecule has 0 saturated heterocycles. The van der Waals surface area contributed by atoms with Gasteiger partial charge in [0.15, 0.2) is 11.5 Å². The Bertz CT molecular complexity index is 913. The molecular weight excluding hydrogens is 318 g/mol. The van der Waals surface area contributed by atoms with Gasteiger partial charge < -0.3 is 10.1 Å². The number of ether oxygens (including phenoxy) is 1. The van der Waals surface area contributed by atoms with Gasteiger partial charge in [-0.15, -0.1) is 0 Å². The van der Waals surface area contributed by atoms with Gasteiger partial charge in [-0.1, -0.05) is 6.07 Å². The van der Waals surface area contributed by atoms with Crippen LogP contribution in [0.5, 0.6) is 5.75 Å². The number of rotatable bonds is 4. The summed E-state index contributed by atoms with van der Waals surface area (Å²) in [6.07, 6.45) is 4.72. The number of carbonyl (C=O) groups excluding carboxylic acids is 1. The van der Waals surface area contributed by atoms with Gasteiger partial charge in [-0.3, -0.25) is 15.5 Å². The van der Waals surface area contributed by atoms with E-state index in [2.05, 4.69) is 20.3 Å². The summed E-state index contributed by atoms with van der Waals surface area (Å²) in [4.78, 5) is 24.9. The topological polar surface area (TPSA) is 101 Å². The lowest BCUT2D eigenvalue weighted by atomic mass is 10.2. The van der Waals surface area contributed by atoms with Crippen LogP contribution in [0.15, 0.2) is 48.9 Å². The molecule has 2 N–H and O–H groups in total. The predicted octanol–water partition coefficient (Wildman–Crippen LogP) is 3.02. The van der Waals surface area contributed by atoms with Crippen molar-refractivity contribution >= 4 is 17.4 Å². The van der Waals surface area contributed by atoms with E-state index in [4.69, 9.17) is 10.5 Å². The summed E-state index contributed by atoms with van der Waals surface area (Å²) in [6.45, 7) is 1.91. The van der Waals surface area contributed by atoms with E-state index in [-0.39, 0.29) is 11.5 Å². The SMILES string of the molecule is COc1ccc(C)cc1NC(=O)c1nc(-c2cccnc2)cnc1[NH]. The second-order valence-electron chi connectivity index (χ2n) is 5.35. The zero-order chi connectivity index (χ0) is 17.8. The van der Waals surface area contributed by atoms with E-state index in [1.54, 1.807) is 30.6 Å². The van der Waals surface area contributed by atoms with Gasteiger partial charge in [-0.05, 0) is 36.8 Å². The van der Waals surface area contributed by atoms with Gasteiger partial charge in [0.1, 0.15) is 5.75 Å². The van der Waals surface area contributed by atoms with Crippen LogP contribution in [-0.2, 0) is 0 Å². The molecule has 0 atom stereocenters. The lowest BCUT2D eigenvalue weighted by Gasteiger charge is -2.11. The highest BCUT2D eigenvalue weighted by atomic mass is 16.5. The summed E-state index contributed by atoms with van der Waals surface area (Å²) in [5.74, 6) is -0.189. The molecule has 1 amide bonds. The standard InChI is InChI=1S/C18H16N5O2/c1-11-5-6-15(25-2)13(8-11)23-18(24)16-17(19)21-10-14(22-16)12-4-3-7-20-9-12/h3-10,19H,1-2H3,(H,23,24). The van der Waals surface area contributed by atoms with Gasteiger partial charge >= 0.3 is 0 Å². The Morgan fingerprint density at radius 3 is 2.80 bits per heavy atom. The lowest BCUT2D eigenvalue weighted by molar-refractivity contribution is 0.102. The number of benzene rings is 1. The summed E-state index contributed by atoms with van der Waals surface area (Å²) in [7, 11) is 1.53. The van der Waals surface area contributed by atoms with Crippen LogP contribution in [0.25, 0.3) is 11.3 Å². The Kier molecular flexibility index (Phi) is 4.56. The highest BCUT2D eigenvalue weighted by Crippen LogP contribution is 2.26. The van der Waals surface area contributed by atoms with E-state index >= 15 is 0 Å². The second kappa shape index (κ2) is 6.96. The van der Waals surface area contributed by atoms with Gasteiger partial charge in [0, 0.05) is 18.0 Å². The largest absolute Gasteiger partial charge is 0.495 e. The Morgan fingerprint density at radius 2 is 2.08 bits per heavy atom. The fourth-order valence-corrected chi connectivity index (χ4v) is 2.30. The highest BCUT2D eigenvalue weighted by Gasteiger charge is 2.17. The van der Waals surface area contributed by atoms with E-state index in [0.29, 0.717) is 17.1 Å². The summed E-state index contributed by atoms with van der Waals surface area (Å²) < 4.78 is 5.25. The molecule has 0 unspecified atom stereocenters. The van der Waals surface area contributed by atoms with E-state index in [9.17, 15) is 4.79 Å². The van der Waals surface area contributed by atoms with Crippen LogP contribution in [0.4, 0.5) is 11.5 Å². The summed E-state index contributed by atoms with van der Waals surface area (Å²) in [5, 5.41) is 2.74. The molecule has 2 aromatic heterocycles. The molecule has 3 rings (SSSR count). The fraction of sp³-hybridized carbons (Fsp3) is 0.111. The molecule has 125 valence electrons. The van der Waals surface area contributed by atoms with Crippen LogP contribution in [0.2, 0.25) is 0 Å². The van der Waals surface area contributed by atoms with Crippen molar-refractivity contribution in [1.29, 1.82) is 0 Å². The predicted molar refractivity (Wildman–Crippen MR) is 93.7 cm³/mol. The molecule has 3 aromatic rings. The third-order valence-electron chi connectivity index (χ3n) is 3.55. The molecule has 25 heavy (non-hydrogen) atoms. The number of aryl methyl sites for hydroxylation is 1. The van der Waals surface area contributed by atoms with Crippen molar-refractivity contribution in [1.82, 2.24) is 20.7 Å². The van der Waals surface area contributed by atoms with Gasteiger partial charge in [0.2, 0.25) is 0 Å². The molecule has 7 heteroatoms. The molecule has 2 heterocycles. The maximum Gasteiger partial charge on any atom is 0.278 e. The highest BCUT2D eigenvalue weighted by molar-refractivity contribution is 6.06. The molecule has 7 nitrogen and oxygen atoms in total. The quantitative estimate of drug-likeness (QED) is 0.790. The zero-order valence-electron chi connectivity index (χ0n) is 13.8. The number of carbonyl (C=O) groups is 1. The van der Waals surface area contributed by atoms with Crippen LogP contribution in [0.1, 0.15) is 16.1 Å². The van der Waals surface area contributed by atoms with Crippen molar-refractivity contribution in [3.05, 3.63) is 60.2 Å². The summed E-state index contributed by atoms with van der Waals surface area (Å²) in [6, 6.07) is 9.02. The van der Waals surface area contributed by atoms with Crippen LogP contribution in [0.3, 0.4) is 0 Å². The van der Waals surface area contributed by atoms with Crippen molar-refractivity contribution in [2.75, 3.05) is 12.4 Å². The molecule has 0 spiro atoms. The number of anilines is 1. The van der Waals surface area contributed by atoms with Crippen LogP contribution in [0, 0.1) is 6.92 Å². The molecule has 0 aliphatic rings. The number of nitrogens with zero attached hydrogens (tertiary/aromatic N) is 3. The van der Waals surface area contributed by atoms with Gasteiger partial charge in [-0.2, -0.15) is 0 Å². The lowest BCUT2D eigenvalue weighted by Crippen LogP contribution is -2.16. The average molecular weight is 334 g/mol. The first-order valence-electron chi connectivity index (χ1n) is 7.53. The first-order valence-corrected chi connectivity index (χ1v) is 7.53. The Labute approximate surface area is 144 Å². The molecule has 1 aromatic carbocycles. The summed E-state index contributed by atoms with van der Waals surface area (Å²) >= 11 is 0. The second-order valence-corrected chi connectivity index (χ2v) is 5.35. The smallest absolute Gasteiger partial charge is 0.278 e. The van der Waals surface area contributed by atoms with E-state index in [1.165, 1.54) is 13.3 Å². The van der Waals surface area contributed by atoms with Crippen molar-refractivity contribution in [3.63, 3.8) is 0 Å².